The molecule has 2 aliphatic rings. The molecule has 2 fully saturated rings. The highest BCUT2D eigenvalue weighted by atomic mass is 16.2. The summed E-state index contributed by atoms with van der Waals surface area (Å²) in [6.45, 7) is 10.7. The second-order valence-corrected chi connectivity index (χ2v) is 8.12. The summed E-state index contributed by atoms with van der Waals surface area (Å²) in [6, 6.07) is 10.7. The molecule has 1 saturated carbocycles. The average Bonchev–Trinajstić information content (AvgIpc) is 3.63. The van der Waals surface area contributed by atoms with Crippen LogP contribution in [0.25, 0.3) is 0 Å². The van der Waals surface area contributed by atoms with Gasteiger partial charge in [-0.3, -0.25) is 14.7 Å². The van der Waals surface area contributed by atoms with Gasteiger partial charge in [-0.25, -0.2) is 0 Å². The average molecular weight is 415 g/mol. The monoisotopic (exact) mass is 414 g/mol. The van der Waals surface area contributed by atoms with Crippen molar-refractivity contribution in [2.45, 2.75) is 32.6 Å². The number of aliphatic imine (C=N–C) groups is 1. The van der Waals surface area contributed by atoms with Crippen LogP contribution >= 0.6 is 0 Å². The third-order valence-corrected chi connectivity index (χ3v) is 5.66. The van der Waals surface area contributed by atoms with Gasteiger partial charge in [-0.05, 0) is 51.3 Å². The maximum Gasteiger partial charge on any atom is 0.223 e. The maximum absolute atomic E-state index is 11.6. The minimum atomic E-state index is 0.198. The third-order valence-electron chi connectivity index (χ3n) is 5.66. The number of anilines is 1. The number of nitrogens with one attached hydrogen (secondary N) is 3. The van der Waals surface area contributed by atoms with Gasteiger partial charge in [0.1, 0.15) is 0 Å². The van der Waals surface area contributed by atoms with Crippen LogP contribution in [0, 0.1) is 5.92 Å². The Kier molecular flexibility index (Phi) is 9.28. The number of para-hydroxylation sites is 1. The lowest BCUT2D eigenvalue weighted by atomic mass is 10.2. The van der Waals surface area contributed by atoms with E-state index in [9.17, 15) is 4.79 Å². The molecule has 1 aromatic carbocycles. The highest BCUT2D eigenvalue weighted by Gasteiger charge is 2.28. The molecule has 7 nitrogen and oxygen atoms in total. The lowest BCUT2D eigenvalue weighted by Crippen LogP contribution is -2.46. The minimum Gasteiger partial charge on any atom is -0.369 e. The van der Waals surface area contributed by atoms with Gasteiger partial charge in [0.15, 0.2) is 5.96 Å². The first-order chi connectivity index (χ1) is 14.8. The molecule has 1 aromatic rings. The van der Waals surface area contributed by atoms with E-state index < -0.39 is 0 Å². The van der Waals surface area contributed by atoms with E-state index in [1.54, 1.807) is 0 Å². The SMILES string of the molecule is CCNC(=NCCCCN1CCN(c2ccccc2)CC1)NCCNC(=O)C1CC1. The van der Waals surface area contributed by atoms with Gasteiger partial charge in [-0.1, -0.05) is 18.2 Å². The maximum atomic E-state index is 11.6. The number of hydrogen-bond acceptors (Lipinski definition) is 4. The largest absolute Gasteiger partial charge is 0.369 e. The van der Waals surface area contributed by atoms with Gasteiger partial charge in [0.2, 0.25) is 5.91 Å². The molecule has 0 spiro atoms. The summed E-state index contributed by atoms with van der Waals surface area (Å²) in [4.78, 5) is 21.4. The second-order valence-electron chi connectivity index (χ2n) is 8.12. The van der Waals surface area contributed by atoms with E-state index in [0.29, 0.717) is 13.1 Å². The summed E-state index contributed by atoms with van der Waals surface area (Å²) >= 11 is 0. The summed E-state index contributed by atoms with van der Waals surface area (Å²) in [5.74, 6) is 1.31. The summed E-state index contributed by atoms with van der Waals surface area (Å²) in [6.07, 6.45) is 4.36. The lowest BCUT2D eigenvalue weighted by molar-refractivity contribution is -0.122. The topological polar surface area (TPSA) is 72.0 Å². The summed E-state index contributed by atoms with van der Waals surface area (Å²) in [5, 5.41) is 9.56. The van der Waals surface area contributed by atoms with E-state index in [0.717, 1.165) is 71.0 Å². The number of carbonyl (C=O) groups is 1. The van der Waals surface area contributed by atoms with E-state index in [4.69, 9.17) is 0 Å². The molecule has 0 unspecified atom stereocenters. The van der Waals surface area contributed by atoms with Crippen LogP contribution in [0.4, 0.5) is 5.69 Å². The van der Waals surface area contributed by atoms with Crippen molar-refractivity contribution in [2.24, 2.45) is 10.9 Å². The predicted molar refractivity (Wildman–Crippen MR) is 124 cm³/mol. The molecule has 0 atom stereocenters. The molecule has 0 bridgehead atoms. The summed E-state index contributed by atoms with van der Waals surface area (Å²) in [5.41, 5.74) is 1.34. The van der Waals surface area contributed by atoms with Gasteiger partial charge in [0.25, 0.3) is 0 Å². The molecule has 1 amide bonds. The van der Waals surface area contributed by atoms with Crippen LogP contribution in [0.2, 0.25) is 0 Å². The lowest BCUT2D eigenvalue weighted by Gasteiger charge is -2.36. The fourth-order valence-electron chi connectivity index (χ4n) is 3.70. The van der Waals surface area contributed by atoms with Gasteiger partial charge in [0, 0.05) is 64.0 Å². The van der Waals surface area contributed by atoms with E-state index in [2.05, 4.69) is 68.0 Å². The van der Waals surface area contributed by atoms with Gasteiger partial charge >= 0.3 is 0 Å². The van der Waals surface area contributed by atoms with Crippen molar-refractivity contribution >= 4 is 17.6 Å². The fourth-order valence-corrected chi connectivity index (χ4v) is 3.70. The molecule has 1 heterocycles. The van der Waals surface area contributed by atoms with Crippen molar-refractivity contribution in [2.75, 3.05) is 63.8 Å². The summed E-state index contributed by atoms with van der Waals surface area (Å²) < 4.78 is 0. The molecule has 1 aliphatic carbocycles. The number of hydrogen-bond donors (Lipinski definition) is 3. The molecule has 0 aromatic heterocycles. The number of amides is 1. The van der Waals surface area contributed by atoms with Crippen LogP contribution in [-0.4, -0.2) is 75.7 Å². The van der Waals surface area contributed by atoms with E-state index in [1.807, 2.05) is 0 Å². The Balaban J connectivity index is 1.25. The number of nitrogens with zero attached hydrogens (tertiary/aromatic N) is 3. The smallest absolute Gasteiger partial charge is 0.223 e. The molecular formula is C23H38N6O. The number of piperazine rings is 1. The van der Waals surface area contributed by atoms with E-state index >= 15 is 0 Å². The minimum absolute atomic E-state index is 0.198. The zero-order valence-electron chi connectivity index (χ0n) is 18.4. The predicted octanol–water partition coefficient (Wildman–Crippen LogP) is 1.67. The first-order valence-electron chi connectivity index (χ1n) is 11.6. The molecule has 166 valence electrons. The number of rotatable bonds is 11. The molecule has 0 radical (unpaired) electrons. The first-order valence-corrected chi connectivity index (χ1v) is 11.6. The zero-order chi connectivity index (χ0) is 21.0. The number of benzene rings is 1. The van der Waals surface area contributed by atoms with Crippen LogP contribution in [0.3, 0.4) is 0 Å². The van der Waals surface area contributed by atoms with Crippen molar-refractivity contribution in [3.63, 3.8) is 0 Å². The van der Waals surface area contributed by atoms with E-state index in [1.165, 1.54) is 12.1 Å². The molecule has 30 heavy (non-hydrogen) atoms. The molecule has 3 rings (SSSR count). The third kappa shape index (κ3) is 7.86. The Morgan fingerprint density at radius 3 is 2.43 bits per heavy atom. The molecule has 1 saturated heterocycles. The van der Waals surface area contributed by atoms with Crippen molar-refractivity contribution in [1.29, 1.82) is 0 Å². The van der Waals surface area contributed by atoms with Gasteiger partial charge < -0.3 is 20.9 Å². The highest BCUT2D eigenvalue weighted by molar-refractivity contribution is 5.81. The van der Waals surface area contributed by atoms with Crippen molar-refractivity contribution in [3.8, 4) is 0 Å². The fraction of sp³-hybridized carbons (Fsp3) is 0.652. The standard InChI is InChI=1S/C23H38N6O/c1-2-24-23(27-14-13-25-22(30)20-10-11-20)26-12-6-7-15-28-16-18-29(19-17-28)21-8-4-3-5-9-21/h3-5,8-9,20H,2,6-7,10-19H2,1H3,(H,25,30)(H2,24,26,27). The highest BCUT2D eigenvalue weighted by Crippen LogP contribution is 2.28. The van der Waals surface area contributed by atoms with E-state index in [-0.39, 0.29) is 11.8 Å². The first kappa shape index (κ1) is 22.4. The quantitative estimate of drug-likeness (QED) is 0.292. The Morgan fingerprint density at radius 1 is 1.00 bits per heavy atom. The van der Waals surface area contributed by atoms with Gasteiger partial charge in [0.05, 0.1) is 0 Å². The van der Waals surface area contributed by atoms with Crippen LogP contribution in [0.15, 0.2) is 35.3 Å². The van der Waals surface area contributed by atoms with Crippen molar-refractivity contribution < 1.29 is 4.79 Å². The Labute approximate surface area is 181 Å². The van der Waals surface area contributed by atoms with Crippen LogP contribution in [0.5, 0.6) is 0 Å². The molecule has 7 heteroatoms. The van der Waals surface area contributed by atoms with Crippen LogP contribution < -0.4 is 20.9 Å². The van der Waals surface area contributed by atoms with Crippen LogP contribution in [0.1, 0.15) is 32.6 Å². The molecule has 3 N–H and O–H groups in total. The number of unbranched alkanes of at least 4 members (excludes halogenated alkanes) is 1. The zero-order valence-corrected chi connectivity index (χ0v) is 18.4. The van der Waals surface area contributed by atoms with Crippen molar-refractivity contribution in [3.05, 3.63) is 30.3 Å². The Morgan fingerprint density at radius 2 is 1.73 bits per heavy atom. The van der Waals surface area contributed by atoms with Crippen molar-refractivity contribution in [1.82, 2.24) is 20.9 Å². The molecular weight excluding hydrogens is 376 g/mol. The van der Waals surface area contributed by atoms with Gasteiger partial charge in [-0.15, -0.1) is 0 Å². The molecule has 1 aliphatic heterocycles. The number of guanidine groups is 1. The van der Waals surface area contributed by atoms with Crippen LogP contribution in [-0.2, 0) is 4.79 Å². The summed E-state index contributed by atoms with van der Waals surface area (Å²) in [7, 11) is 0. The Hall–Kier alpha value is -2.28. The normalized spacial score (nSPS) is 17.6. The number of carbonyl (C=O) groups excluding carboxylic acids is 1. The second kappa shape index (κ2) is 12.4. The Bertz CT molecular complexity index is 653. The van der Waals surface area contributed by atoms with Gasteiger partial charge in [-0.2, -0.15) is 0 Å².